The Morgan fingerprint density at radius 2 is 2.00 bits per heavy atom. The van der Waals surface area contributed by atoms with Crippen LogP contribution in [-0.4, -0.2) is 4.92 Å². The van der Waals surface area contributed by atoms with Gasteiger partial charge < -0.3 is 5.32 Å². The Bertz CT molecular complexity index is 866. The highest BCUT2D eigenvalue weighted by molar-refractivity contribution is 6.31. The molecule has 0 amide bonds. The van der Waals surface area contributed by atoms with Gasteiger partial charge in [-0.3, -0.25) is 10.1 Å². The molecule has 24 heavy (non-hydrogen) atoms. The third-order valence-corrected chi connectivity index (χ3v) is 5.27. The number of halogens is 2. The molecule has 0 unspecified atom stereocenters. The molecule has 122 valence electrons. The molecular formula is C18H14Cl2N2O2. The van der Waals surface area contributed by atoms with Gasteiger partial charge in [-0.2, -0.15) is 0 Å². The minimum atomic E-state index is -0.383. The second-order valence-electron chi connectivity index (χ2n) is 6.18. The molecule has 4 rings (SSSR count). The molecule has 0 spiro atoms. The fourth-order valence-electron chi connectivity index (χ4n) is 3.82. The Hall–Kier alpha value is -2.04. The van der Waals surface area contributed by atoms with Crippen LogP contribution >= 0.6 is 23.2 Å². The first-order valence-electron chi connectivity index (χ1n) is 7.71. The van der Waals surface area contributed by atoms with E-state index in [1.165, 1.54) is 6.07 Å². The van der Waals surface area contributed by atoms with Crippen molar-refractivity contribution < 1.29 is 4.92 Å². The standard InChI is InChI=1S/C18H14Cl2N2O2/c19-11-4-1-3-10(7-11)17-14-6-2-5-13(14)15-8-12(20)9-16(22(23)24)18(15)21-17/h1-5,7-9,13-14,17,21H,6H2/t13-,14+,17+/m1/s1. The monoisotopic (exact) mass is 360 g/mol. The van der Waals surface area contributed by atoms with Gasteiger partial charge in [0, 0.05) is 22.0 Å². The molecular weight excluding hydrogens is 347 g/mol. The molecule has 0 aromatic heterocycles. The number of fused-ring (bicyclic) bond motifs is 3. The van der Waals surface area contributed by atoms with Crippen molar-refractivity contribution in [2.75, 3.05) is 5.32 Å². The number of hydrogen-bond acceptors (Lipinski definition) is 3. The summed E-state index contributed by atoms with van der Waals surface area (Å²) in [5.74, 6) is 0.400. The van der Waals surface area contributed by atoms with E-state index in [4.69, 9.17) is 23.2 Å². The third kappa shape index (κ3) is 2.46. The summed E-state index contributed by atoms with van der Waals surface area (Å²) in [6.07, 6.45) is 5.17. The highest BCUT2D eigenvalue weighted by Crippen LogP contribution is 2.52. The molecule has 0 saturated carbocycles. The SMILES string of the molecule is O=[N+]([O-])c1cc(Cl)cc2c1N[C@@H](c1cccc(Cl)c1)[C@H]1CC=C[C@@H]21. The number of nitro groups is 1. The molecule has 3 atom stereocenters. The van der Waals surface area contributed by atoms with Gasteiger partial charge in [-0.15, -0.1) is 0 Å². The van der Waals surface area contributed by atoms with Crippen molar-refractivity contribution in [3.05, 3.63) is 79.8 Å². The predicted molar refractivity (Wildman–Crippen MR) is 95.9 cm³/mol. The van der Waals surface area contributed by atoms with Crippen molar-refractivity contribution in [1.29, 1.82) is 0 Å². The van der Waals surface area contributed by atoms with E-state index in [-0.39, 0.29) is 28.5 Å². The van der Waals surface area contributed by atoms with E-state index in [9.17, 15) is 10.1 Å². The third-order valence-electron chi connectivity index (χ3n) is 4.82. The van der Waals surface area contributed by atoms with Gasteiger partial charge in [-0.05, 0) is 41.7 Å². The van der Waals surface area contributed by atoms with Crippen molar-refractivity contribution in [1.82, 2.24) is 0 Å². The normalized spacial score (nSPS) is 24.2. The van der Waals surface area contributed by atoms with Crippen molar-refractivity contribution in [3.8, 4) is 0 Å². The van der Waals surface area contributed by atoms with Crippen LogP contribution in [0.3, 0.4) is 0 Å². The van der Waals surface area contributed by atoms with Crippen LogP contribution in [0.15, 0.2) is 48.6 Å². The van der Waals surface area contributed by atoms with Gasteiger partial charge in [-0.25, -0.2) is 0 Å². The van der Waals surface area contributed by atoms with Crippen LogP contribution < -0.4 is 5.32 Å². The van der Waals surface area contributed by atoms with Crippen LogP contribution in [0, 0.1) is 16.0 Å². The zero-order valence-corrected chi connectivity index (χ0v) is 14.1. The smallest absolute Gasteiger partial charge is 0.294 e. The minimum absolute atomic E-state index is 0.0169. The highest BCUT2D eigenvalue weighted by Gasteiger charge is 2.40. The van der Waals surface area contributed by atoms with E-state index in [1.54, 1.807) is 0 Å². The maximum atomic E-state index is 11.5. The van der Waals surface area contributed by atoms with Gasteiger partial charge in [0.25, 0.3) is 5.69 Å². The molecule has 4 nitrogen and oxygen atoms in total. The summed E-state index contributed by atoms with van der Waals surface area (Å²) >= 11 is 12.3. The largest absolute Gasteiger partial charge is 0.372 e. The van der Waals surface area contributed by atoms with Gasteiger partial charge in [0.1, 0.15) is 5.69 Å². The first-order chi connectivity index (χ1) is 11.5. The van der Waals surface area contributed by atoms with Gasteiger partial charge in [0.05, 0.1) is 11.0 Å². The van der Waals surface area contributed by atoms with Gasteiger partial charge in [0.15, 0.2) is 0 Å². The number of nitro benzene ring substituents is 1. The molecule has 0 fully saturated rings. The molecule has 2 aromatic carbocycles. The van der Waals surface area contributed by atoms with Crippen molar-refractivity contribution >= 4 is 34.6 Å². The van der Waals surface area contributed by atoms with Gasteiger partial charge in [0.2, 0.25) is 0 Å². The molecule has 1 heterocycles. The van der Waals surface area contributed by atoms with E-state index >= 15 is 0 Å². The molecule has 1 aliphatic carbocycles. The minimum Gasteiger partial charge on any atom is -0.372 e. The molecule has 1 N–H and O–H groups in total. The molecule has 2 aromatic rings. The first kappa shape index (κ1) is 15.5. The number of rotatable bonds is 2. The van der Waals surface area contributed by atoms with E-state index < -0.39 is 0 Å². The quantitative estimate of drug-likeness (QED) is 0.422. The van der Waals surface area contributed by atoms with E-state index in [0.29, 0.717) is 15.7 Å². The Labute approximate surface area is 149 Å². The summed E-state index contributed by atoms with van der Waals surface area (Å²) in [4.78, 5) is 11.1. The topological polar surface area (TPSA) is 55.2 Å². The second kappa shape index (κ2) is 5.80. The fourth-order valence-corrected chi connectivity index (χ4v) is 4.24. The molecule has 1 aliphatic heterocycles. The Morgan fingerprint density at radius 3 is 2.75 bits per heavy atom. The maximum absolute atomic E-state index is 11.5. The zero-order chi connectivity index (χ0) is 16.8. The Kier molecular flexibility index (Phi) is 3.74. The van der Waals surface area contributed by atoms with Crippen LogP contribution in [-0.2, 0) is 0 Å². The molecule has 0 saturated heterocycles. The van der Waals surface area contributed by atoms with Crippen LogP contribution in [0.25, 0.3) is 0 Å². The summed E-state index contributed by atoms with van der Waals surface area (Å²) in [5, 5.41) is 15.9. The van der Waals surface area contributed by atoms with E-state index in [1.807, 2.05) is 30.3 Å². The second-order valence-corrected chi connectivity index (χ2v) is 7.05. The molecule has 6 heteroatoms. The summed E-state index contributed by atoms with van der Waals surface area (Å²) in [6.45, 7) is 0. The summed E-state index contributed by atoms with van der Waals surface area (Å²) in [5.41, 5.74) is 2.51. The van der Waals surface area contributed by atoms with Gasteiger partial charge >= 0.3 is 0 Å². The van der Waals surface area contributed by atoms with Crippen molar-refractivity contribution in [2.24, 2.45) is 5.92 Å². The van der Waals surface area contributed by atoms with Crippen molar-refractivity contribution in [3.63, 3.8) is 0 Å². The van der Waals surface area contributed by atoms with Crippen molar-refractivity contribution in [2.45, 2.75) is 18.4 Å². The Balaban J connectivity index is 1.87. The predicted octanol–water partition coefficient (Wildman–Crippen LogP) is 5.73. The fraction of sp³-hybridized carbons (Fsp3) is 0.222. The number of nitrogens with zero attached hydrogens (tertiary/aromatic N) is 1. The van der Waals surface area contributed by atoms with Crippen LogP contribution in [0.5, 0.6) is 0 Å². The van der Waals surface area contributed by atoms with Crippen LogP contribution in [0.2, 0.25) is 10.0 Å². The van der Waals surface area contributed by atoms with Gasteiger partial charge in [-0.1, -0.05) is 47.5 Å². The molecule has 0 bridgehead atoms. The summed E-state index contributed by atoms with van der Waals surface area (Å²) in [7, 11) is 0. The lowest BCUT2D eigenvalue weighted by Crippen LogP contribution is -2.29. The summed E-state index contributed by atoms with van der Waals surface area (Å²) < 4.78 is 0. The lowest BCUT2D eigenvalue weighted by atomic mass is 9.77. The maximum Gasteiger partial charge on any atom is 0.294 e. The average Bonchev–Trinajstić information content (AvgIpc) is 3.03. The molecule has 2 aliphatic rings. The first-order valence-corrected chi connectivity index (χ1v) is 8.46. The highest BCUT2D eigenvalue weighted by atomic mass is 35.5. The lowest BCUT2D eigenvalue weighted by Gasteiger charge is -2.37. The zero-order valence-electron chi connectivity index (χ0n) is 12.6. The Morgan fingerprint density at radius 1 is 1.17 bits per heavy atom. The number of allylic oxidation sites excluding steroid dienone is 2. The number of anilines is 1. The number of hydrogen-bond donors (Lipinski definition) is 1. The molecule has 0 radical (unpaired) electrons. The number of nitrogens with one attached hydrogen (secondary N) is 1. The van der Waals surface area contributed by atoms with E-state index in [0.717, 1.165) is 17.5 Å². The lowest BCUT2D eigenvalue weighted by molar-refractivity contribution is -0.384. The summed E-state index contributed by atoms with van der Waals surface area (Å²) in [6, 6.07) is 10.9. The average molecular weight is 361 g/mol. The van der Waals surface area contributed by atoms with E-state index in [2.05, 4.69) is 17.5 Å². The number of benzene rings is 2. The van der Waals surface area contributed by atoms with Crippen LogP contribution in [0.1, 0.15) is 29.5 Å². The van der Waals surface area contributed by atoms with Crippen LogP contribution in [0.4, 0.5) is 11.4 Å².